The summed E-state index contributed by atoms with van der Waals surface area (Å²) in [6.07, 6.45) is -0.973. The fourth-order valence-electron chi connectivity index (χ4n) is 2.37. The Morgan fingerprint density at radius 1 is 1.08 bits per heavy atom. The highest BCUT2D eigenvalue weighted by Crippen LogP contribution is 2.36. The number of ether oxygens (including phenoxy) is 3. The van der Waals surface area contributed by atoms with Gasteiger partial charge in [-0.05, 0) is 31.2 Å². The van der Waals surface area contributed by atoms with Crippen LogP contribution in [-0.2, 0) is 9.53 Å². The second-order valence-electron chi connectivity index (χ2n) is 5.47. The van der Waals surface area contributed by atoms with Crippen molar-refractivity contribution >= 4 is 29.2 Å². The van der Waals surface area contributed by atoms with Crippen LogP contribution in [0.5, 0.6) is 11.5 Å². The fraction of sp³-hybridized carbons (Fsp3) is 0.263. The molecule has 2 aromatic carbocycles. The molecule has 1 amide bonds. The lowest BCUT2D eigenvalue weighted by Crippen LogP contribution is -2.37. The summed E-state index contributed by atoms with van der Waals surface area (Å²) in [5, 5.41) is 0.208. The van der Waals surface area contributed by atoms with E-state index in [1.807, 2.05) is 18.2 Å². The molecule has 26 heavy (non-hydrogen) atoms. The second kappa shape index (κ2) is 8.58. The van der Waals surface area contributed by atoms with Gasteiger partial charge in [-0.1, -0.05) is 29.8 Å². The summed E-state index contributed by atoms with van der Waals surface area (Å²) in [5.74, 6) is -0.419. The first kappa shape index (κ1) is 19.6. The molecule has 0 spiro atoms. The van der Waals surface area contributed by atoms with Crippen molar-refractivity contribution in [2.24, 2.45) is 0 Å². The first-order valence-electron chi connectivity index (χ1n) is 7.84. The van der Waals surface area contributed by atoms with Crippen molar-refractivity contribution in [1.29, 1.82) is 0 Å². The number of methoxy groups -OCH3 is 2. The van der Waals surface area contributed by atoms with Gasteiger partial charge in [0, 0.05) is 12.7 Å². The molecule has 0 aliphatic rings. The number of nitrogens with zero attached hydrogens (tertiary/aromatic N) is 1. The van der Waals surface area contributed by atoms with E-state index in [1.54, 1.807) is 19.2 Å². The molecule has 0 unspecified atom stereocenters. The third kappa shape index (κ3) is 4.26. The van der Waals surface area contributed by atoms with Gasteiger partial charge in [-0.2, -0.15) is 0 Å². The lowest BCUT2D eigenvalue weighted by atomic mass is 10.2. The van der Waals surface area contributed by atoms with Crippen LogP contribution in [0.25, 0.3) is 0 Å². The number of hydrogen-bond donors (Lipinski definition) is 0. The van der Waals surface area contributed by atoms with Gasteiger partial charge < -0.3 is 19.1 Å². The highest BCUT2D eigenvalue weighted by molar-refractivity contribution is 6.32. The number of carbonyl (C=O) groups is 2. The van der Waals surface area contributed by atoms with E-state index in [9.17, 15) is 9.59 Å². The van der Waals surface area contributed by atoms with Gasteiger partial charge in [0.25, 0.3) is 5.91 Å². The predicted octanol–water partition coefficient (Wildman–Crippen LogP) is 3.57. The van der Waals surface area contributed by atoms with Gasteiger partial charge in [0.2, 0.25) is 0 Å². The molecule has 0 aromatic heterocycles. The predicted molar refractivity (Wildman–Crippen MR) is 99.3 cm³/mol. The SMILES string of the molecule is COc1cc(C(=O)O[C@@H](C)C(=O)N(C)c2ccccc2)cc(Cl)c1OC. The molecule has 1 atom stereocenters. The fourth-order valence-corrected chi connectivity index (χ4v) is 2.65. The average Bonchev–Trinajstić information content (AvgIpc) is 2.66. The Balaban J connectivity index is 2.14. The van der Waals surface area contributed by atoms with Crippen LogP contribution in [0.1, 0.15) is 17.3 Å². The third-order valence-corrected chi connectivity index (χ3v) is 4.06. The van der Waals surface area contributed by atoms with Crippen molar-refractivity contribution in [3.63, 3.8) is 0 Å². The summed E-state index contributed by atoms with van der Waals surface area (Å²) >= 11 is 6.10. The topological polar surface area (TPSA) is 65.1 Å². The lowest BCUT2D eigenvalue weighted by molar-refractivity contribution is -0.126. The summed E-state index contributed by atoms with van der Waals surface area (Å²) in [5.41, 5.74) is 0.865. The Kier molecular flexibility index (Phi) is 6.46. The summed E-state index contributed by atoms with van der Waals surface area (Å²) in [4.78, 5) is 26.3. The number of halogens is 1. The Hall–Kier alpha value is -2.73. The first-order chi connectivity index (χ1) is 12.4. The minimum absolute atomic E-state index is 0.162. The van der Waals surface area contributed by atoms with E-state index in [-0.39, 0.29) is 16.5 Å². The molecule has 2 rings (SSSR count). The maximum absolute atomic E-state index is 12.5. The number of carbonyl (C=O) groups excluding carboxylic acids is 2. The van der Waals surface area contributed by atoms with Crippen molar-refractivity contribution in [1.82, 2.24) is 0 Å². The number of rotatable bonds is 6. The zero-order chi connectivity index (χ0) is 19.3. The Labute approximate surface area is 157 Å². The Morgan fingerprint density at radius 3 is 2.31 bits per heavy atom. The zero-order valence-corrected chi connectivity index (χ0v) is 15.7. The van der Waals surface area contributed by atoms with Gasteiger partial charge >= 0.3 is 5.97 Å². The number of anilines is 1. The summed E-state index contributed by atoms with van der Waals surface area (Å²) in [6.45, 7) is 1.52. The molecule has 7 heteroatoms. The van der Waals surface area contributed by atoms with Crippen molar-refractivity contribution in [3.05, 3.63) is 53.1 Å². The monoisotopic (exact) mass is 377 g/mol. The standard InChI is InChI=1S/C19H20ClNO5/c1-12(18(22)21(2)14-8-6-5-7-9-14)26-19(23)13-10-15(20)17(25-4)16(11-13)24-3/h5-12H,1-4H3/t12-/m0/s1. The molecule has 0 saturated carbocycles. The number of likely N-dealkylation sites (N-methyl/N-ethyl adjacent to an activating group) is 1. The lowest BCUT2D eigenvalue weighted by Gasteiger charge is -2.21. The normalized spacial score (nSPS) is 11.4. The Morgan fingerprint density at radius 2 is 1.73 bits per heavy atom. The molecular formula is C19H20ClNO5. The van der Waals surface area contributed by atoms with Crippen LogP contribution in [0.15, 0.2) is 42.5 Å². The maximum atomic E-state index is 12.5. The van der Waals surface area contributed by atoms with E-state index < -0.39 is 12.1 Å². The van der Waals surface area contributed by atoms with Crippen LogP contribution >= 0.6 is 11.6 Å². The summed E-state index contributed by atoms with van der Waals surface area (Å²) < 4.78 is 15.6. The highest BCUT2D eigenvalue weighted by Gasteiger charge is 2.24. The van der Waals surface area contributed by atoms with Gasteiger partial charge in [0.05, 0.1) is 24.8 Å². The molecule has 138 valence electrons. The maximum Gasteiger partial charge on any atom is 0.339 e. The smallest absolute Gasteiger partial charge is 0.339 e. The molecule has 0 aliphatic carbocycles. The molecule has 2 aromatic rings. The molecule has 0 saturated heterocycles. The summed E-state index contributed by atoms with van der Waals surface area (Å²) in [6, 6.07) is 11.9. The third-order valence-electron chi connectivity index (χ3n) is 3.77. The molecule has 0 fully saturated rings. The average molecular weight is 378 g/mol. The van der Waals surface area contributed by atoms with Crippen molar-refractivity contribution < 1.29 is 23.8 Å². The number of amides is 1. The van der Waals surface area contributed by atoms with E-state index in [0.29, 0.717) is 17.2 Å². The van der Waals surface area contributed by atoms with E-state index in [1.165, 1.54) is 38.2 Å². The van der Waals surface area contributed by atoms with Crippen molar-refractivity contribution in [3.8, 4) is 11.5 Å². The molecule has 0 radical (unpaired) electrons. The molecule has 0 N–H and O–H groups in total. The van der Waals surface area contributed by atoms with Crippen LogP contribution in [0.4, 0.5) is 5.69 Å². The molecule has 0 heterocycles. The van der Waals surface area contributed by atoms with Gasteiger partial charge in [0.15, 0.2) is 17.6 Å². The van der Waals surface area contributed by atoms with E-state index in [2.05, 4.69) is 0 Å². The largest absolute Gasteiger partial charge is 0.493 e. The molecule has 0 aliphatic heterocycles. The minimum Gasteiger partial charge on any atom is -0.493 e. The summed E-state index contributed by atoms with van der Waals surface area (Å²) in [7, 11) is 4.50. The van der Waals surface area contributed by atoms with E-state index in [0.717, 1.165) is 0 Å². The highest BCUT2D eigenvalue weighted by atomic mass is 35.5. The van der Waals surface area contributed by atoms with Crippen LogP contribution in [0.2, 0.25) is 5.02 Å². The number of para-hydroxylation sites is 1. The molecular weight excluding hydrogens is 358 g/mol. The van der Waals surface area contributed by atoms with Gasteiger partial charge in [-0.25, -0.2) is 4.79 Å². The van der Waals surface area contributed by atoms with E-state index in [4.69, 9.17) is 25.8 Å². The van der Waals surface area contributed by atoms with Crippen molar-refractivity contribution in [2.45, 2.75) is 13.0 Å². The number of benzene rings is 2. The quantitative estimate of drug-likeness (QED) is 0.720. The first-order valence-corrected chi connectivity index (χ1v) is 8.22. The minimum atomic E-state index is -0.973. The van der Waals surface area contributed by atoms with Crippen molar-refractivity contribution in [2.75, 3.05) is 26.2 Å². The second-order valence-corrected chi connectivity index (χ2v) is 5.88. The van der Waals surface area contributed by atoms with Gasteiger partial charge in [-0.3, -0.25) is 4.79 Å². The van der Waals surface area contributed by atoms with Crippen LogP contribution < -0.4 is 14.4 Å². The number of hydrogen-bond acceptors (Lipinski definition) is 5. The molecule has 6 nitrogen and oxygen atoms in total. The van der Waals surface area contributed by atoms with Gasteiger partial charge in [0.1, 0.15) is 0 Å². The number of esters is 1. The Bertz CT molecular complexity index is 794. The van der Waals surface area contributed by atoms with Gasteiger partial charge in [-0.15, -0.1) is 0 Å². The molecule has 0 bridgehead atoms. The van der Waals surface area contributed by atoms with Crippen LogP contribution in [0.3, 0.4) is 0 Å². The van der Waals surface area contributed by atoms with E-state index >= 15 is 0 Å². The zero-order valence-electron chi connectivity index (χ0n) is 15.0. The van der Waals surface area contributed by atoms with Crippen LogP contribution in [0, 0.1) is 0 Å². The van der Waals surface area contributed by atoms with Crippen LogP contribution in [-0.4, -0.2) is 39.2 Å².